The van der Waals surface area contributed by atoms with Crippen molar-refractivity contribution in [1.82, 2.24) is 5.32 Å². The van der Waals surface area contributed by atoms with Gasteiger partial charge in [-0.15, -0.1) is 0 Å². The molecule has 3 unspecified atom stereocenters. The molecule has 1 N–H and O–H groups in total. The smallest absolute Gasteiger partial charge is 0.220 e. The molecule has 0 aromatic heterocycles. The van der Waals surface area contributed by atoms with Crippen molar-refractivity contribution in [2.24, 2.45) is 17.8 Å². The van der Waals surface area contributed by atoms with Crippen molar-refractivity contribution < 1.29 is 28.5 Å². The van der Waals surface area contributed by atoms with Gasteiger partial charge in [0.25, 0.3) is 0 Å². The van der Waals surface area contributed by atoms with Crippen LogP contribution >= 0.6 is 0 Å². The molecule has 7 nitrogen and oxygen atoms in total. The van der Waals surface area contributed by atoms with Crippen LogP contribution in [0.2, 0.25) is 0 Å². The lowest BCUT2D eigenvalue weighted by atomic mass is 9.84. The monoisotopic (exact) mass is 824 g/mol. The first-order valence-electron chi connectivity index (χ1n) is 23.7. The number of hydrogen-bond acceptors (Lipinski definition) is 6. The van der Waals surface area contributed by atoms with Crippen LogP contribution in [0.15, 0.2) is 103 Å². The quantitative estimate of drug-likeness (QED) is 0.0581. The molecule has 0 saturated carbocycles. The Kier molecular flexibility index (Phi) is 21.9. The van der Waals surface area contributed by atoms with Gasteiger partial charge in [-0.3, -0.25) is 4.79 Å². The van der Waals surface area contributed by atoms with Crippen LogP contribution in [-0.2, 0) is 41.5 Å². The minimum absolute atomic E-state index is 0.0387. The zero-order valence-electron chi connectivity index (χ0n) is 37.4. The van der Waals surface area contributed by atoms with Crippen LogP contribution in [0.4, 0.5) is 0 Å². The summed E-state index contributed by atoms with van der Waals surface area (Å²) in [6.07, 6.45) is 21.5. The van der Waals surface area contributed by atoms with Crippen molar-refractivity contribution in [3.05, 3.63) is 120 Å². The predicted octanol–water partition coefficient (Wildman–Crippen LogP) is 12.5. The first-order chi connectivity index (χ1) is 29.4. The van der Waals surface area contributed by atoms with Crippen LogP contribution in [0.3, 0.4) is 0 Å². The van der Waals surface area contributed by atoms with E-state index in [4.69, 9.17) is 23.7 Å². The maximum absolute atomic E-state index is 13.8. The molecule has 60 heavy (non-hydrogen) atoms. The molecular weight excluding hydrogens is 747 g/mol. The van der Waals surface area contributed by atoms with Crippen molar-refractivity contribution >= 4 is 5.91 Å². The van der Waals surface area contributed by atoms with E-state index in [1.807, 2.05) is 48.5 Å². The van der Waals surface area contributed by atoms with Gasteiger partial charge in [0, 0.05) is 17.9 Å². The number of benzene rings is 3. The Morgan fingerprint density at radius 3 is 2.08 bits per heavy atom. The lowest BCUT2D eigenvalue weighted by Gasteiger charge is -2.48. The number of ether oxygens (including phenoxy) is 5. The van der Waals surface area contributed by atoms with Crippen LogP contribution in [-0.4, -0.2) is 49.8 Å². The highest BCUT2D eigenvalue weighted by Crippen LogP contribution is 2.39. The number of amides is 1. The van der Waals surface area contributed by atoms with Crippen molar-refractivity contribution in [2.75, 3.05) is 13.2 Å². The van der Waals surface area contributed by atoms with Gasteiger partial charge in [-0.05, 0) is 61.5 Å². The summed E-state index contributed by atoms with van der Waals surface area (Å²) in [6.45, 7) is 10.1. The number of unbranched alkanes of at least 4 members (excludes halogenated alkanes) is 11. The molecule has 5 rings (SSSR count). The van der Waals surface area contributed by atoms with Gasteiger partial charge in [0.05, 0.1) is 38.1 Å². The van der Waals surface area contributed by atoms with Gasteiger partial charge in [0.1, 0.15) is 6.10 Å². The zero-order valence-corrected chi connectivity index (χ0v) is 37.4. The second-order valence-electron chi connectivity index (χ2n) is 17.6. The summed E-state index contributed by atoms with van der Waals surface area (Å²) in [4.78, 5) is 13.8. The molecule has 2 fully saturated rings. The van der Waals surface area contributed by atoms with Crippen LogP contribution < -0.4 is 5.32 Å². The Balaban J connectivity index is 1.21. The van der Waals surface area contributed by atoms with Crippen LogP contribution in [0.5, 0.6) is 0 Å². The third-order valence-corrected chi connectivity index (χ3v) is 12.6. The van der Waals surface area contributed by atoms with Gasteiger partial charge in [0.2, 0.25) is 5.91 Å². The fraction of sp³-hybridized carbons (Fsp3) is 0.604. The maximum Gasteiger partial charge on any atom is 0.220 e. The third kappa shape index (κ3) is 16.5. The molecule has 0 bridgehead atoms. The predicted molar refractivity (Wildman–Crippen MR) is 243 cm³/mol. The molecule has 330 valence electrons. The van der Waals surface area contributed by atoms with E-state index < -0.39 is 12.6 Å². The van der Waals surface area contributed by atoms with E-state index in [-0.39, 0.29) is 54.6 Å². The average Bonchev–Trinajstić information content (AvgIpc) is 3.28. The van der Waals surface area contributed by atoms with Gasteiger partial charge in [-0.1, -0.05) is 189 Å². The number of hydrogen-bond donors (Lipinski definition) is 1. The second-order valence-corrected chi connectivity index (χ2v) is 17.6. The van der Waals surface area contributed by atoms with Crippen LogP contribution in [0, 0.1) is 17.8 Å². The highest BCUT2D eigenvalue weighted by molar-refractivity contribution is 5.76. The fourth-order valence-corrected chi connectivity index (χ4v) is 8.66. The Hall–Kier alpha value is -3.33. The summed E-state index contributed by atoms with van der Waals surface area (Å²) in [5.74, 6) is 0.410. The SMILES string of the molecule is CCCCCCCCCCCC=CC[C@@H](C)[C@@H](OCc1ccccc1)[C@H](CO[C@H]1OC2COC(c3ccccc3)O[C@@H]2[C@H](C)C1C)NC(=O)CCCCCc1ccccc1. The summed E-state index contributed by atoms with van der Waals surface area (Å²) in [5, 5.41) is 3.42. The van der Waals surface area contributed by atoms with Crippen LogP contribution in [0.1, 0.15) is 147 Å². The largest absolute Gasteiger partial charge is 0.371 e. The normalized spacial score (nSPS) is 23.2. The molecule has 7 heteroatoms. The van der Waals surface area contributed by atoms with Gasteiger partial charge in [-0.2, -0.15) is 0 Å². The molecule has 2 aliphatic rings. The van der Waals surface area contributed by atoms with Crippen molar-refractivity contribution in [1.29, 1.82) is 0 Å². The van der Waals surface area contributed by atoms with E-state index in [1.165, 1.54) is 63.4 Å². The Morgan fingerprint density at radius 1 is 0.750 bits per heavy atom. The molecule has 2 heterocycles. The van der Waals surface area contributed by atoms with E-state index in [1.54, 1.807) is 0 Å². The second kappa shape index (κ2) is 27.6. The summed E-state index contributed by atoms with van der Waals surface area (Å²) >= 11 is 0. The van der Waals surface area contributed by atoms with Gasteiger partial charge < -0.3 is 29.0 Å². The van der Waals surface area contributed by atoms with Crippen LogP contribution in [0.25, 0.3) is 0 Å². The van der Waals surface area contributed by atoms with E-state index in [0.717, 1.165) is 49.7 Å². The lowest BCUT2D eigenvalue weighted by Crippen LogP contribution is -2.57. The van der Waals surface area contributed by atoms with Crippen molar-refractivity contribution in [2.45, 2.75) is 174 Å². The molecular formula is C53H77NO6. The number of nitrogens with one attached hydrogen (secondary N) is 1. The molecule has 3 aromatic rings. The highest BCUT2D eigenvalue weighted by atomic mass is 16.7. The standard InChI is InChI=1S/C53H77NO6/c1-5-6-7-8-9-10-11-12-13-14-15-20-29-41(2)50(56-38-45-33-24-17-25-34-45)47(54-49(55)37-28-18-23-32-44-30-21-16-22-31-44)39-57-52-43(4)42(3)51-48(59-52)40-58-53(60-51)46-35-26-19-27-36-46/h15-17,19-22,24-27,30-31,33-36,41-43,47-48,50-53H,5-14,18,23,28-29,32,37-40H2,1-4H3,(H,54,55)/t41-,42-,43?,47+,48?,50-,51-,52+,53?/m1/s1. The number of carbonyl (C=O) groups excluding carboxylic acids is 1. The highest BCUT2D eigenvalue weighted by Gasteiger charge is 2.47. The Bertz CT molecular complexity index is 1580. The lowest BCUT2D eigenvalue weighted by molar-refractivity contribution is -0.343. The summed E-state index contributed by atoms with van der Waals surface area (Å²) in [5.41, 5.74) is 3.46. The number of rotatable bonds is 28. The molecule has 0 radical (unpaired) electrons. The molecule has 1 amide bonds. The molecule has 2 aliphatic heterocycles. The zero-order chi connectivity index (χ0) is 42.2. The third-order valence-electron chi connectivity index (χ3n) is 12.6. The maximum atomic E-state index is 13.8. The molecule has 0 aliphatic carbocycles. The number of carbonyl (C=O) groups is 1. The van der Waals surface area contributed by atoms with Crippen molar-refractivity contribution in [3.63, 3.8) is 0 Å². The fourth-order valence-electron chi connectivity index (χ4n) is 8.66. The Morgan fingerprint density at radius 2 is 1.38 bits per heavy atom. The number of fused-ring (bicyclic) bond motifs is 1. The summed E-state index contributed by atoms with van der Waals surface area (Å²) < 4.78 is 32.9. The minimum atomic E-state index is -0.472. The minimum Gasteiger partial charge on any atom is -0.371 e. The van der Waals surface area contributed by atoms with E-state index >= 15 is 0 Å². The van der Waals surface area contributed by atoms with Crippen molar-refractivity contribution in [3.8, 4) is 0 Å². The topological polar surface area (TPSA) is 75.2 Å². The molecule has 0 spiro atoms. The number of allylic oxidation sites excluding steroid dienone is 2. The number of aryl methyl sites for hydroxylation is 1. The van der Waals surface area contributed by atoms with E-state index in [2.05, 4.69) is 87.6 Å². The van der Waals surface area contributed by atoms with Gasteiger partial charge in [-0.25, -0.2) is 0 Å². The molecule has 9 atom stereocenters. The van der Waals surface area contributed by atoms with E-state index in [0.29, 0.717) is 19.6 Å². The van der Waals surface area contributed by atoms with Gasteiger partial charge in [0.15, 0.2) is 12.6 Å². The summed E-state index contributed by atoms with van der Waals surface area (Å²) in [7, 11) is 0. The Labute approximate surface area is 363 Å². The molecule has 3 aromatic carbocycles. The summed E-state index contributed by atoms with van der Waals surface area (Å²) in [6, 6.07) is 30.6. The average molecular weight is 824 g/mol. The molecule has 2 saturated heterocycles. The first-order valence-corrected chi connectivity index (χ1v) is 23.7. The van der Waals surface area contributed by atoms with Gasteiger partial charge >= 0.3 is 0 Å². The van der Waals surface area contributed by atoms with E-state index in [9.17, 15) is 4.79 Å². The first kappa shape index (κ1) is 47.7.